The summed E-state index contributed by atoms with van der Waals surface area (Å²) in [4.78, 5) is 32.3. The molecule has 1 N–H and O–H groups in total. The fourth-order valence-electron chi connectivity index (χ4n) is 4.28. The lowest BCUT2D eigenvalue weighted by molar-refractivity contribution is 0.0565. The van der Waals surface area contributed by atoms with Crippen LogP contribution in [-0.2, 0) is 0 Å². The molecule has 3 heterocycles. The number of piperidine rings is 1. The molecule has 1 amide bonds. The number of nitrogens with one attached hydrogen (secondary N) is 1. The maximum atomic E-state index is 13.0. The van der Waals surface area contributed by atoms with Gasteiger partial charge in [0.1, 0.15) is 5.69 Å². The van der Waals surface area contributed by atoms with Crippen molar-refractivity contribution in [1.29, 1.82) is 0 Å². The summed E-state index contributed by atoms with van der Waals surface area (Å²) in [5.41, 5.74) is 2.85. The quantitative estimate of drug-likeness (QED) is 0.850. The Balaban J connectivity index is 1.91. The molecule has 120 valence electrons. The molecule has 5 nitrogen and oxygen atoms in total. The zero-order valence-corrected chi connectivity index (χ0v) is 13.9. The van der Waals surface area contributed by atoms with Gasteiger partial charge in [-0.3, -0.25) is 9.59 Å². The third kappa shape index (κ3) is 2.37. The molecule has 2 fully saturated rings. The van der Waals surface area contributed by atoms with Crippen LogP contribution < -0.4 is 0 Å². The van der Waals surface area contributed by atoms with Gasteiger partial charge in [0.05, 0.1) is 0 Å². The summed E-state index contributed by atoms with van der Waals surface area (Å²) in [5.74, 6) is 0.659. The van der Waals surface area contributed by atoms with Gasteiger partial charge >= 0.3 is 0 Å². The number of carbonyl (C=O) groups excluding carboxylic acids is 2. The summed E-state index contributed by atoms with van der Waals surface area (Å²) in [7, 11) is 2.12. The largest absolute Gasteiger partial charge is 0.354 e. The smallest absolute Gasteiger partial charge is 0.270 e. The number of ketones is 1. The Kier molecular flexibility index (Phi) is 3.85. The van der Waals surface area contributed by atoms with E-state index in [1.807, 2.05) is 18.7 Å². The Morgan fingerprint density at radius 1 is 1.23 bits per heavy atom. The Morgan fingerprint density at radius 2 is 1.95 bits per heavy atom. The molecule has 1 aromatic rings. The van der Waals surface area contributed by atoms with Crippen LogP contribution in [0.3, 0.4) is 0 Å². The van der Waals surface area contributed by atoms with Crippen LogP contribution >= 0.6 is 0 Å². The molecule has 0 bridgehead atoms. The molecule has 0 aliphatic carbocycles. The number of aryl methyl sites for hydroxylation is 1. The third-order valence-electron chi connectivity index (χ3n) is 5.23. The van der Waals surface area contributed by atoms with E-state index in [4.69, 9.17) is 0 Å². The number of hydrogen-bond donors (Lipinski definition) is 1. The molecule has 3 rings (SSSR count). The first-order chi connectivity index (χ1) is 10.4. The minimum absolute atomic E-state index is 0.0161. The number of H-pyrrole nitrogens is 1. The van der Waals surface area contributed by atoms with Gasteiger partial charge in [0.15, 0.2) is 5.78 Å². The minimum Gasteiger partial charge on any atom is -0.354 e. The van der Waals surface area contributed by atoms with Crippen molar-refractivity contribution in [3.63, 3.8) is 0 Å². The molecule has 0 aromatic carbocycles. The summed E-state index contributed by atoms with van der Waals surface area (Å²) in [5, 5.41) is 0. The first-order valence-corrected chi connectivity index (χ1v) is 8.09. The molecule has 2 atom stereocenters. The van der Waals surface area contributed by atoms with Crippen LogP contribution in [0.2, 0.25) is 0 Å². The van der Waals surface area contributed by atoms with Gasteiger partial charge in [0.2, 0.25) is 0 Å². The molecule has 0 saturated carbocycles. The molecule has 22 heavy (non-hydrogen) atoms. The number of likely N-dealkylation sites (tertiary alicyclic amines) is 2. The van der Waals surface area contributed by atoms with Crippen LogP contribution in [0.1, 0.15) is 51.9 Å². The van der Waals surface area contributed by atoms with Crippen molar-refractivity contribution in [2.75, 3.05) is 26.7 Å². The highest BCUT2D eigenvalue weighted by molar-refractivity contribution is 6.02. The average Bonchev–Trinajstić information content (AvgIpc) is 2.96. The second-order valence-electron chi connectivity index (χ2n) is 6.87. The number of Topliss-reactive ketones (excluding diaryl/α,β-unsaturated/α-hetero) is 1. The molecule has 2 aliphatic heterocycles. The lowest BCUT2D eigenvalue weighted by Gasteiger charge is -2.37. The van der Waals surface area contributed by atoms with Crippen molar-refractivity contribution in [2.24, 2.45) is 5.92 Å². The van der Waals surface area contributed by atoms with Gasteiger partial charge < -0.3 is 14.8 Å². The number of rotatable bonds is 2. The van der Waals surface area contributed by atoms with Crippen molar-refractivity contribution in [1.82, 2.24) is 14.8 Å². The van der Waals surface area contributed by atoms with Gasteiger partial charge in [0, 0.05) is 36.9 Å². The van der Waals surface area contributed by atoms with E-state index >= 15 is 0 Å². The number of carbonyl (C=O) groups is 2. The van der Waals surface area contributed by atoms with E-state index in [2.05, 4.69) is 16.9 Å². The lowest BCUT2D eigenvalue weighted by Crippen LogP contribution is -2.48. The Bertz CT molecular complexity index is 620. The van der Waals surface area contributed by atoms with E-state index in [9.17, 15) is 9.59 Å². The van der Waals surface area contributed by atoms with Crippen LogP contribution in [0.5, 0.6) is 0 Å². The second kappa shape index (κ2) is 5.54. The van der Waals surface area contributed by atoms with E-state index < -0.39 is 0 Å². The molecule has 0 spiro atoms. The van der Waals surface area contributed by atoms with Crippen molar-refractivity contribution in [2.45, 2.75) is 39.7 Å². The standard InChI is InChI=1S/C17H25N3O2/c1-10-15(12(3)21)11(2)18-16(10)17(22)20-7-5-6-13-8-19(4)9-14(13)20/h13-14,18H,5-9H2,1-4H3/t13-,14+/m0/s1. The Morgan fingerprint density at radius 3 is 2.59 bits per heavy atom. The monoisotopic (exact) mass is 303 g/mol. The third-order valence-corrected chi connectivity index (χ3v) is 5.23. The number of aromatic nitrogens is 1. The lowest BCUT2D eigenvalue weighted by atomic mass is 9.91. The normalized spacial score (nSPS) is 25.4. The first kappa shape index (κ1) is 15.3. The van der Waals surface area contributed by atoms with Crippen LogP contribution in [0.25, 0.3) is 0 Å². The van der Waals surface area contributed by atoms with Gasteiger partial charge in [-0.05, 0) is 52.1 Å². The zero-order chi connectivity index (χ0) is 16.0. The topological polar surface area (TPSA) is 56.4 Å². The fraction of sp³-hybridized carbons (Fsp3) is 0.647. The van der Waals surface area contributed by atoms with Crippen LogP contribution in [0, 0.1) is 19.8 Å². The van der Waals surface area contributed by atoms with E-state index in [1.165, 1.54) is 6.42 Å². The number of hydrogen-bond acceptors (Lipinski definition) is 3. The molecule has 2 saturated heterocycles. The summed E-state index contributed by atoms with van der Waals surface area (Å²) in [6.07, 6.45) is 2.28. The predicted octanol–water partition coefficient (Wildman–Crippen LogP) is 2.00. The van der Waals surface area contributed by atoms with Crippen LogP contribution in [0.15, 0.2) is 0 Å². The van der Waals surface area contributed by atoms with E-state index in [0.717, 1.165) is 37.3 Å². The molecule has 0 unspecified atom stereocenters. The van der Waals surface area contributed by atoms with E-state index in [1.54, 1.807) is 6.92 Å². The van der Waals surface area contributed by atoms with Crippen molar-refractivity contribution in [3.05, 3.63) is 22.5 Å². The highest BCUT2D eigenvalue weighted by Crippen LogP contribution is 2.31. The number of likely N-dealkylation sites (N-methyl/N-ethyl adjacent to an activating group) is 1. The Hall–Kier alpha value is -1.62. The van der Waals surface area contributed by atoms with Gasteiger partial charge in [-0.15, -0.1) is 0 Å². The van der Waals surface area contributed by atoms with Gasteiger partial charge in [0.25, 0.3) is 5.91 Å². The van der Waals surface area contributed by atoms with Gasteiger partial charge in [-0.25, -0.2) is 0 Å². The predicted molar refractivity (Wildman–Crippen MR) is 85.3 cm³/mol. The Labute approximate surface area is 131 Å². The van der Waals surface area contributed by atoms with Crippen molar-refractivity contribution in [3.8, 4) is 0 Å². The molecule has 2 aliphatic rings. The van der Waals surface area contributed by atoms with Crippen molar-refractivity contribution < 1.29 is 9.59 Å². The number of amides is 1. The van der Waals surface area contributed by atoms with Gasteiger partial charge in [-0.2, -0.15) is 0 Å². The number of nitrogens with zero attached hydrogens (tertiary/aromatic N) is 2. The summed E-state index contributed by atoms with van der Waals surface area (Å²) >= 11 is 0. The molecular formula is C17H25N3O2. The summed E-state index contributed by atoms with van der Waals surface area (Å²) in [6, 6.07) is 0.315. The molecule has 5 heteroatoms. The minimum atomic E-state index is 0.0161. The highest BCUT2D eigenvalue weighted by Gasteiger charge is 2.40. The van der Waals surface area contributed by atoms with Crippen LogP contribution in [0.4, 0.5) is 0 Å². The first-order valence-electron chi connectivity index (χ1n) is 8.09. The molecular weight excluding hydrogens is 278 g/mol. The fourth-order valence-corrected chi connectivity index (χ4v) is 4.28. The maximum Gasteiger partial charge on any atom is 0.270 e. The van der Waals surface area contributed by atoms with E-state index in [0.29, 0.717) is 23.2 Å². The molecule has 0 radical (unpaired) electrons. The van der Waals surface area contributed by atoms with Crippen molar-refractivity contribution >= 4 is 11.7 Å². The average molecular weight is 303 g/mol. The SMILES string of the molecule is CC(=O)c1c(C)[nH]c(C(=O)N2CCC[C@H]3CN(C)C[C@H]32)c1C. The summed E-state index contributed by atoms with van der Waals surface area (Å²) in [6.45, 7) is 8.14. The summed E-state index contributed by atoms with van der Waals surface area (Å²) < 4.78 is 0. The van der Waals surface area contributed by atoms with Gasteiger partial charge in [-0.1, -0.05) is 0 Å². The molecule has 1 aromatic heterocycles. The zero-order valence-electron chi connectivity index (χ0n) is 13.9. The highest BCUT2D eigenvalue weighted by atomic mass is 16.2. The maximum absolute atomic E-state index is 13.0. The van der Waals surface area contributed by atoms with Crippen LogP contribution in [-0.4, -0.2) is 59.2 Å². The number of fused-ring (bicyclic) bond motifs is 1. The number of aromatic amines is 1. The second-order valence-corrected chi connectivity index (χ2v) is 6.87. The van der Waals surface area contributed by atoms with E-state index in [-0.39, 0.29) is 11.7 Å².